The summed E-state index contributed by atoms with van der Waals surface area (Å²) >= 11 is 0. The molecule has 18 heavy (non-hydrogen) atoms. The quantitative estimate of drug-likeness (QED) is 0.867. The third-order valence-electron chi connectivity index (χ3n) is 3.65. The Hall–Kier alpha value is -1.32. The van der Waals surface area contributed by atoms with Gasteiger partial charge in [-0.05, 0) is 31.4 Å². The van der Waals surface area contributed by atoms with E-state index in [1.807, 2.05) is 0 Å². The number of benzene rings is 1. The van der Waals surface area contributed by atoms with Crippen LogP contribution in [0, 0.1) is 0 Å². The fourth-order valence-corrected chi connectivity index (χ4v) is 2.76. The van der Waals surface area contributed by atoms with E-state index in [0.29, 0.717) is 12.1 Å². The van der Waals surface area contributed by atoms with E-state index in [1.54, 1.807) is 0 Å². The number of fused-ring (bicyclic) bond motifs is 1. The van der Waals surface area contributed by atoms with Crippen molar-refractivity contribution in [2.45, 2.75) is 31.8 Å². The molecule has 1 aromatic carbocycles. The van der Waals surface area contributed by atoms with Crippen LogP contribution in [-0.4, -0.2) is 30.3 Å². The number of rotatable bonds is 4. The van der Waals surface area contributed by atoms with Gasteiger partial charge < -0.3 is 15.0 Å². The van der Waals surface area contributed by atoms with Crippen LogP contribution in [0.4, 0.5) is 0 Å². The lowest BCUT2D eigenvalue weighted by Crippen LogP contribution is -2.37. The van der Waals surface area contributed by atoms with Crippen LogP contribution in [0.3, 0.4) is 0 Å². The standard InChI is InChI=1S/C15H20N2O/c1-11(17-13-6-7-18-10-13)8-12-9-16-15-5-3-2-4-14(12)15/h2-5,9,11,13,16-17H,6-8,10H2,1H3. The summed E-state index contributed by atoms with van der Waals surface area (Å²) in [6.45, 7) is 4.01. The van der Waals surface area contributed by atoms with Gasteiger partial charge in [-0.15, -0.1) is 0 Å². The number of ether oxygens (including phenoxy) is 1. The Morgan fingerprint density at radius 3 is 3.17 bits per heavy atom. The second-order valence-electron chi connectivity index (χ2n) is 5.19. The molecular weight excluding hydrogens is 224 g/mol. The molecule has 3 rings (SSSR count). The molecule has 0 radical (unpaired) electrons. The third kappa shape index (κ3) is 2.42. The van der Waals surface area contributed by atoms with Crippen molar-refractivity contribution in [3.63, 3.8) is 0 Å². The molecule has 3 nitrogen and oxygen atoms in total. The Morgan fingerprint density at radius 2 is 2.33 bits per heavy atom. The topological polar surface area (TPSA) is 37.0 Å². The molecule has 2 N–H and O–H groups in total. The van der Waals surface area contributed by atoms with Crippen molar-refractivity contribution in [1.82, 2.24) is 10.3 Å². The zero-order valence-electron chi connectivity index (χ0n) is 10.8. The molecule has 2 aromatic rings. The lowest BCUT2D eigenvalue weighted by molar-refractivity contribution is 0.188. The summed E-state index contributed by atoms with van der Waals surface area (Å²) in [5.41, 5.74) is 2.62. The number of aromatic nitrogens is 1. The van der Waals surface area contributed by atoms with E-state index in [9.17, 15) is 0 Å². The Morgan fingerprint density at radius 1 is 1.44 bits per heavy atom. The monoisotopic (exact) mass is 244 g/mol. The molecule has 1 aromatic heterocycles. The number of aromatic amines is 1. The van der Waals surface area contributed by atoms with Crippen molar-refractivity contribution < 1.29 is 4.74 Å². The summed E-state index contributed by atoms with van der Waals surface area (Å²) in [6, 6.07) is 9.50. The van der Waals surface area contributed by atoms with Crippen molar-refractivity contribution in [2.75, 3.05) is 13.2 Å². The Kier molecular flexibility index (Phi) is 3.35. The summed E-state index contributed by atoms with van der Waals surface area (Å²) in [7, 11) is 0. The fraction of sp³-hybridized carbons (Fsp3) is 0.467. The molecule has 0 bridgehead atoms. The van der Waals surface area contributed by atoms with E-state index in [2.05, 4.69) is 47.7 Å². The molecule has 1 aliphatic rings. The fourth-order valence-electron chi connectivity index (χ4n) is 2.76. The molecule has 1 saturated heterocycles. The van der Waals surface area contributed by atoms with Crippen LogP contribution in [0.2, 0.25) is 0 Å². The van der Waals surface area contributed by atoms with Gasteiger partial charge in [0.25, 0.3) is 0 Å². The van der Waals surface area contributed by atoms with Gasteiger partial charge in [0.05, 0.1) is 6.61 Å². The lowest BCUT2D eigenvalue weighted by atomic mass is 10.1. The molecule has 0 aliphatic carbocycles. The van der Waals surface area contributed by atoms with Crippen molar-refractivity contribution in [3.8, 4) is 0 Å². The predicted molar refractivity (Wildman–Crippen MR) is 73.8 cm³/mol. The molecule has 96 valence electrons. The van der Waals surface area contributed by atoms with Gasteiger partial charge in [0.15, 0.2) is 0 Å². The molecule has 0 spiro atoms. The van der Waals surface area contributed by atoms with Crippen LogP contribution < -0.4 is 5.32 Å². The highest BCUT2D eigenvalue weighted by Gasteiger charge is 2.18. The largest absolute Gasteiger partial charge is 0.380 e. The van der Waals surface area contributed by atoms with Crippen LogP contribution in [-0.2, 0) is 11.2 Å². The Balaban J connectivity index is 1.67. The molecule has 0 amide bonds. The first-order chi connectivity index (χ1) is 8.83. The SMILES string of the molecule is CC(Cc1c[nH]c2ccccc12)NC1CCOC1. The molecule has 1 fully saturated rings. The maximum absolute atomic E-state index is 5.39. The molecule has 2 heterocycles. The smallest absolute Gasteiger partial charge is 0.0620 e. The lowest BCUT2D eigenvalue weighted by Gasteiger charge is -2.17. The summed E-state index contributed by atoms with van der Waals surface area (Å²) in [6.07, 6.45) is 4.33. The average Bonchev–Trinajstić information content (AvgIpc) is 3.00. The van der Waals surface area contributed by atoms with Gasteiger partial charge in [0, 0.05) is 35.8 Å². The van der Waals surface area contributed by atoms with Crippen LogP contribution in [0.15, 0.2) is 30.5 Å². The first kappa shape index (κ1) is 11.8. The molecule has 1 aliphatic heterocycles. The molecule has 2 atom stereocenters. The molecule has 2 unspecified atom stereocenters. The van der Waals surface area contributed by atoms with Crippen molar-refractivity contribution in [2.24, 2.45) is 0 Å². The second-order valence-corrected chi connectivity index (χ2v) is 5.19. The van der Waals surface area contributed by atoms with Crippen molar-refractivity contribution >= 4 is 10.9 Å². The van der Waals surface area contributed by atoms with E-state index in [1.165, 1.54) is 16.5 Å². The van der Waals surface area contributed by atoms with E-state index in [-0.39, 0.29) is 0 Å². The van der Waals surface area contributed by atoms with Gasteiger partial charge in [0.1, 0.15) is 0 Å². The van der Waals surface area contributed by atoms with E-state index < -0.39 is 0 Å². The van der Waals surface area contributed by atoms with Gasteiger partial charge in [0.2, 0.25) is 0 Å². The highest BCUT2D eigenvalue weighted by molar-refractivity contribution is 5.83. The third-order valence-corrected chi connectivity index (χ3v) is 3.65. The molecule has 3 heteroatoms. The number of para-hydroxylation sites is 1. The van der Waals surface area contributed by atoms with E-state index in [4.69, 9.17) is 4.74 Å². The van der Waals surface area contributed by atoms with Crippen LogP contribution in [0.25, 0.3) is 10.9 Å². The average molecular weight is 244 g/mol. The maximum Gasteiger partial charge on any atom is 0.0620 e. The number of hydrogen-bond acceptors (Lipinski definition) is 2. The molecule has 0 saturated carbocycles. The highest BCUT2D eigenvalue weighted by Crippen LogP contribution is 2.19. The number of hydrogen-bond donors (Lipinski definition) is 2. The van der Waals surface area contributed by atoms with Gasteiger partial charge in [-0.3, -0.25) is 0 Å². The Bertz CT molecular complexity index is 514. The minimum atomic E-state index is 0.482. The molecular formula is C15H20N2O. The minimum absolute atomic E-state index is 0.482. The maximum atomic E-state index is 5.39. The van der Waals surface area contributed by atoms with Gasteiger partial charge in [-0.2, -0.15) is 0 Å². The van der Waals surface area contributed by atoms with Crippen molar-refractivity contribution in [3.05, 3.63) is 36.0 Å². The summed E-state index contributed by atoms with van der Waals surface area (Å²) in [5, 5.41) is 4.98. The first-order valence-corrected chi connectivity index (χ1v) is 6.72. The van der Waals surface area contributed by atoms with E-state index >= 15 is 0 Å². The van der Waals surface area contributed by atoms with Crippen LogP contribution in [0.5, 0.6) is 0 Å². The number of H-pyrrole nitrogens is 1. The second kappa shape index (κ2) is 5.12. The van der Waals surface area contributed by atoms with Crippen molar-refractivity contribution in [1.29, 1.82) is 0 Å². The van der Waals surface area contributed by atoms with Gasteiger partial charge in [-0.1, -0.05) is 18.2 Å². The highest BCUT2D eigenvalue weighted by atomic mass is 16.5. The summed E-state index contributed by atoms with van der Waals surface area (Å²) in [5.74, 6) is 0. The first-order valence-electron chi connectivity index (χ1n) is 6.72. The normalized spacial score (nSPS) is 21.5. The summed E-state index contributed by atoms with van der Waals surface area (Å²) < 4.78 is 5.39. The zero-order chi connectivity index (χ0) is 12.4. The Labute approximate surface area is 108 Å². The van der Waals surface area contributed by atoms with E-state index in [0.717, 1.165) is 26.1 Å². The van der Waals surface area contributed by atoms with Gasteiger partial charge in [-0.25, -0.2) is 0 Å². The van der Waals surface area contributed by atoms with Gasteiger partial charge >= 0.3 is 0 Å². The number of nitrogens with one attached hydrogen (secondary N) is 2. The minimum Gasteiger partial charge on any atom is -0.380 e. The predicted octanol–water partition coefficient (Wildman–Crippen LogP) is 2.48. The summed E-state index contributed by atoms with van der Waals surface area (Å²) in [4.78, 5) is 3.33. The zero-order valence-corrected chi connectivity index (χ0v) is 10.8. The van der Waals surface area contributed by atoms with Crippen LogP contribution >= 0.6 is 0 Å². The van der Waals surface area contributed by atoms with Crippen LogP contribution in [0.1, 0.15) is 18.9 Å².